The van der Waals surface area contributed by atoms with Crippen LogP contribution >= 0.6 is 0 Å². The van der Waals surface area contributed by atoms with E-state index in [1.54, 1.807) is 17.2 Å². The van der Waals surface area contributed by atoms with E-state index < -0.39 is 0 Å². The van der Waals surface area contributed by atoms with Crippen LogP contribution in [-0.4, -0.2) is 37.6 Å². The molecule has 2 aromatic carbocycles. The van der Waals surface area contributed by atoms with Gasteiger partial charge in [-0.2, -0.15) is 5.10 Å². The minimum Gasteiger partial charge on any atom is -0.486 e. The summed E-state index contributed by atoms with van der Waals surface area (Å²) in [6, 6.07) is 13.1. The number of para-hydroxylation sites is 1. The maximum absolute atomic E-state index is 12.6. The number of ether oxygens (including phenoxy) is 2. The highest BCUT2D eigenvalue weighted by molar-refractivity contribution is 6.54. The lowest BCUT2D eigenvalue weighted by Gasteiger charge is -2.18. The summed E-state index contributed by atoms with van der Waals surface area (Å²) in [5.74, 6) is 1.23. The molecule has 2 heterocycles. The topological polar surface area (TPSA) is 63.5 Å². The quantitative estimate of drug-likeness (QED) is 0.485. The van der Waals surface area contributed by atoms with Crippen LogP contribution in [0.15, 0.2) is 65.3 Å². The third kappa shape index (κ3) is 2.86. The van der Waals surface area contributed by atoms with E-state index in [0.717, 1.165) is 22.6 Å². The van der Waals surface area contributed by atoms with Gasteiger partial charge >= 0.3 is 0 Å². The van der Waals surface area contributed by atoms with Crippen molar-refractivity contribution in [2.45, 2.75) is 0 Å². The smallest absolute Gasteiger partial charge is 0.279 e. The summed E-state index contributed by atoms with van der Waals surface area (Å²) in [6.07, 6.45) is 3.29. The maximum Gasteiger partial charge on any atom is 0.279 e. The van der Waals surface area contributed by atoms with Crippen molar-refractivity contribution in [2.24, 2.45) is 10.2 Å². The van der Waals surface area contributed by atoms with E-state index in [1.807, 2.05) is 42.5 Å². The van der Waals surface area contributed by atoms with E-state index in [4.69, 9.17) is 9.47 Å². The van der Waals surface area contributed by atoms with E-state index in [0.29, 0.717) is 31.2 Å². The third-order valence-corrected chi connectivity index (χ3v) is 4.14. The Kier molecular flexibility index (Phi) is 4.23. The van der Waals surface area contributed by atoms with E-state index in [1.165, 1.54) is 0 Å². The van der Waals surface area contributed by atoms with Crippen LogP contribution in [0.4, 0.5) is 5.69 Å². The molecule has 2 aromatic rings. The minimum atomic E-state index is -0.176. The van der Waals surface area contributed by atoms with Crippen LogP contribution in [0.5, 0.6) is 11.5 Å². The molecule has 0 unspecified atom stereocenters. The zero-order valence-electron chi connectivity index (χ0n) is 14.1. The Morgan fingerprint density at radius 3 is 2.77 bits per heavy atom. The first kappa shape index (κ1) is 16.1. The van der Waals surface area contributed by atoms with E-state index >= 15 is 0 Å². The van der Waals surface area contributed by atoms with Gasteiger partial charge in [-0.3, -0.25) is 4.79 Å². The van der Waals surface area contributed by atoms with Crippen molar-refractivity contribution in [1.29, 1.82) is 0 Å². The molecule has 6 heteroatoms. The largest absolute Gasteiger partial charge is 0.486 e. The summed E-state index contributed by atoms with van der Waals surface area (Å²) in [6.45, 7) is 5.22. The van der Waals surface area contributed by atoms with Gasteiger partial charge in [0.15, 0.2) is 17.2 Å². The monoisotopic (exact) mass is 347 g/mol. The molecular weight excluding hydrogens is 330 g/mol. The van der Waals surface area contributed by atoms with Crippen molar-refractivity contribution in [2.75, 3.05) is 24.7 Å². The van der Waals surface area contributed by atoms with Gasteiger partial charge in [0, 0.05) is 12.1 Å². The average Bonchev–Trinajstić information content (AvgIpc) is 2.94. The number of rotatable bonds is 4. The fourth-order valence-electron chi connectivity index (χ4n) is 2.96. The fourth-order valence-corrected chi connectivity index (χ4v) is 2.96. The molecule has 0 atom stereocenters. The highest BCUT2D eigenvalue weighted by atomic mass is 16.6. The van der Waals surface area contributed by atoms with E-state index in [-0.39, 0.29) is 5.91 Å². The van der Waals surface area contributed by atoms with Crippen molar-refractivity contribution < 1.29 is 14.3 Å². The van der Waals surface area contributed by atoms with Crippen LogP contribution in [0.2, 0.25) is 0 Å². The Morgan fingerprint density at radius 1 is 1.12 bits per heavy atom. The molecule has 2 aliphatic rings. The second-order valence-corrected chi connectivity index (χ2v) is 5.82. The van der Waals surface area contributed by atoms with Crippen molar-refractivity contribution in [3.05, 3.63) is 66.2 Å². The lowest BCUT2D eigenvalue weighted by Crippen LogP contribution is -2.30. The number of hydrogen-bond donors (Lipinski definition) is 0. The molecule has 0 aromatic heterocycles. The second kappa shape index (κ2) is 6.84. The predicted octanol–water partition coefficient (Wildman–Crippen LogP) is 2.81. The van der Waals surface area contributed by atoms with Crippen LogP contribution < -0.4 is 14.4 Å². The van der Waals surface area contributed by atoms with Gasteiger partial charge in [0.05, 0.1) is 11.9 Å². The summed E-state index contributed by atoms with van der Waals surface area (Å²) in [7, 11) is 0. The standard InChI is InChI=1S/C20H17N3O3/c1-2-9-23-16-6-4-3-5-15(16)19(20(23)24)22-21-13-14-7-8-17-18(12-14)26-11-10-25-17/h2-8,12-13H,1,9-11H2/b21-13?,22-19+. The molecular formula is C20H17N3O3. The first-order valence-electron chi connectivity index (χ1n) is 8.31. The molecule has 130 valence electrons. The Morgan fingerprint density at radius 2 is 1.92 bits per heavy atom. The zero-order chi connectivity index (χ0) is 17.9. The lowest BCUT2D eigenvalue weighted by atomic mass is 10.1. The molecule has 0 saturated heterocycles. The molecule has 0 saturated carbocycles. The lowest BCUT2D eigenvalue weighted by molar-refractivity contribution is -0.112. The minimum absolute atomic E-state index is 0.176. The van der Waals surface area contributed by atoms with Crippen molar-refractivity contribution in [3.63, 3.8) is 0 Å². The van der Waals surface area contributed by atoms with Gasteiger partial charge in [-0.1, -0.05) is 24.3 Å². The molecule has 0 fully saturated rings. The zero-order valence-corrected chi connectivity index (χ0v) is 14.1. The highest BCUT2D eigenvalue weighted by Crippen LogP contribution is 2.31. The van der Waals surface area contributed by atoms with Crippen LogP contribution in [-0.2, 0) is 4.79 Å². The molecule has 6 nitrogen and oxygen atoms in total. The van der Waals surface area contributed by atoms with Crippen LogP contribution in [0.1, 0.15) is 11.1 Å². The average molecular weight is 347 g/mol. The van der Waals surface area contributed by atoms with E-state index in [2.05, 4.69) is 16.8 Å². The molecule has 0 spiro atoms. The normalized spacial score (nSPS) is 17.0. The van der Waals surface area contributed by atoms with Gasteiger partial charge < -0.3 is 14.4 Å². The first-order chi connectivity index (χ1) is 12.8. The number of fused-ring (bicyclic) bond motifs is 2. The summed E-state index contributed by atoms with van der Waals surface area (Å²) in [4.78, 5) is 14.3. The molecule has 26 heavy (non-hydrogen) atoms. The van der Waals surface area contributed by atoms with Crippen molar-refractivity contribution >= 4 is 23.5 Å². The molecule has 0 bridgehead atoms. The van der Waals surface area contributed by atoms with Gasteiger partial charge in [-0.25, -0.2) is 0 Å². The molecule has 0 N–H and O–H groups in total. The maximum atomic E-state index is 12.6. The summed E-state index contributed by atoms with van der Waals surface area (Å²) in [5.41, 5.74) is 2.75. The SMILES string of the molecule is C=CCN1C(=O)/C(=N/N=Cc2ccc3c(c2)OCCO3)c2ccccc21. The number of carbonyl (C=O) groups excluding carboxylic acids is 1. The van der Waals surface area contributed by atoms with Crippen LogP contribution in [0.3, 0.4) is 0 Å². The molecule has 4 rings (SSSR count). The molecule has 1 amide bonds. The highest BCUT2D eigenvalue weighted by Gasteiger charge is 2.32. The third-order valence-electron chi connectivity index (χ3n) is 4.14. The molecule has 2 aliphatic heterocycles. The first-order valence-corrected chi connectivity index (χ1v) is 8.31. The Bertz CT molecular complexity index is 934. The second-order valence-electron chi connectivity index (χ2n) is 5.82. The number of carbonyl (C=O) groups is 1. The number of hydrogen-bond acceptors (Lipinski definition) is 5. The van der Waals surface area contributed by atoms with Crippen LogP contribution in [0.25, 0.3) is 0 Å². The van der Waals surface area contributed by atoms with Crippen molar-refractivity contribution in [3.8, 4) is 11.5 Å². The Hall–Kier alpha value is -3.41. The fraction of sp³-hybridized carbons (Fsp3) is 0.150. The van der Waals surface area contributed by atoms with Crippen molar-refractivity contribution in [1.82, 2.24) is 0 Å². The molecule has 0 aliphatic carbocycles. The Balaban J connectivity index is 1.61. The number of anilines is 1. The van der Waals surface area contributed by atoms with E-state index in [9.17, 15) is 4.79 Å². The van der Waals surface area contributed by atoms with Gasteiger partial charge in [0.1, 0.15) is 13.2 Å². The van der Waals surface area contributed by atoms with Gasteiger partial charge in [-0.05, 0) is 29.8 Å². The summed E-state index contributed by atoms with van der Waals surface area (Å²) >= 11 is 0. The number of nitrogens with zero attached hydrogens (tertiary/aromatic N) is 3. The summed E-state index contributed by atoms with van der Waals surface area (Å²) in [5, 5.41) is 8.28. The Labute approximate surface area is 151 Å². The predicted molar refractivity (Wildman–Crippen MR) is 101 cm³/mol. The van der Waals surface area contributed by atoms with Gasteiger partial charge in [-0.15, -0.1) is 11.7 Å². The molecule has 0 radical (unpaired) electrons. The van der Waals surface area contributed by atoms with Gasteiger partial charge in [0.2, 0.25) is 0 Å². The number of benzene rings is 2. The van der Waals surface area contributed by atoms with Crippen LogP contribution in [0, 0.1) is 0 Å². The number of amides is 1. The van der Waals surface area contributed by atoms with Gasteiger partial charge in [0.25, 0.3) is 5.91 Å². The summed E-state index contributed by atoms with van der Waals surface area (Å²) < 4.78 is 11.1.